The highest BCUT2D eigenvalue weighted by Crippen LogP contribution is 2.00. The molecule has 0 aromatic rings. The molecule has 0 bridgehead atoms. The van der Waals surface area contributed by atoms with Gasteiger partial charge in [-0.15, -0.1) is 0 Å². The van der Waals surface area contributed by atoms with Crippen LogP contribution < -0.4 is 27.4 Å². The maximum Gasteiger partial charge on any atom is 0.326 e. The number of carbonyl (C=O) groups is 4. The van der Waals surface area contributed by atoms with Crippen molar-refractivity contribution >= 4 is 29.7 Å². The average Bonchev–Trinajstić information content (AvgIpc) is 2.53. The SMILES string of the molecule is C[C@H](NC(=O)[C@@H](N)CCCNC(=N)N)C(=O)N[C@@H](CCC(=O)O)C(=O)O. The third-order valence-corrected chi connectivity index (χ3v) is 3.36. The predicted molar refractivity (Wildman–Crippen MR) is 91.2 cm³/mol. The molecule has 3 atom stereocenters. The molecule has 0 aliphatic carbocycles. The monoisotopic (exact) mass is 374 g/mol. The summed E-state index contributed by atoms with van der Waals surface area (Å²) in [6, 6.07) is -3.30. The summed E-state index contributed by atoms with van der Waals surface area (Å²) in [5, 5.41) is 31.7. The Kier molecular flexibility index (Phi) is 10.3. The van der Waals surface area contributed by atoms with Gasteiger partial charge in [-0.2, -0.15) is 0 Å². The first-order chi connectivity index (χ1) is 12.0. The Hall–Kier alpha value is -2.89. The minimum absolute atomic E-state index is 0.191. The number of carbonyl (C=O) groups excluding carboxylic acids is 2. The Morgan fingerprint density at radius 2 is 1.69 bits per heavy atom. The number of hydrogen-bond acceptors (Lipinski definition) is 6. The summed E-state index contributed by atoms with van der Waals surface area (Å²) in [6.45, 7) is 1.73. The summed E-state index contributed by atoms with van der Waals surface area (Å²) in [6.07, 6.45) is 0.0682. The predicted octanol–water partition coefficient (Wildman–Crippen LogP) is -2.48. The molecule has 0 radical (unpaired) electrons. The van der Waals surface area contributed by atoms with Crippen molar-refractivity contribution in [3.63, 3.8) is 0 Å². The summed E-state index contributed by atoms with van der Waals surface area (Å²) in [5.74, 6) is -4.09. The molecule has 0 aromatic heterocycles. The second-order valence-electron chi connectivity index (χ2n) is 5.65. The van der Waals surface area contributed by atoms with Gasteiger partial charge in [-0.05, 0) is 26.2 Å². The van der Waals surface area contributed by atoms with Crippen LogP contribution in [0, 0.1) is 5.41 Å². The molecule has 0 aliphatic heterocycles. The molecule has 2 amide bonds. The van der Waals surface area contributed by atoms with Gasteiger partial charge in [0.25, 0.3) is 0 Å². The first-order valence-corrected chi connectivity index (χ1v) is 7.93. The zero-order valence-corrected chi connectivity index (χ0v) is 14.4. The minimum atomic E-state index is -1.37. The zero-order valence-electron chi connectivity index (χ0n) is 14.4. The quantitative estimate of drug-likeness (QED) is 0.103. The lowest BCUT2D eigenvalue weighted by molar-refractivity contribution is -0.143. The summed E-state index contributed by atoms with van der Waals surface area (Å²) < 4.78 is 0. The van der Waals surface area contributed by atoms with Gasteiger partial charge in [0.05, 0.1) is 6.04 Å². The van der Waals surface area contributed by atoms with Crippen LogP contribution in [0.25, 0.3) is 0 Å². The fourth-order valence-corrected chi connectivity index (χ4v) is 1.88. The van der Waals surface area contributed by atoms with Gasteiger partial charge in [-0.25, -0.2) is 4.79 Å². The van der Waals surface area contributed by atoms with Crippen molar-refractivity contribution < 1.29 is 29.4 Å². The molecule has 12 nitrogen and oxygen atoms in total. The third-order valence-electron chi connectivity index (χ3n) is 3.36. The maximum atomic E-state index is 12.0. The highest BCUT2D eigenvalue weighted by molar-refractivity contribution is 5.91. The lowest BCUT2D eigenvalue weighted by Crippen LogP contribution is -2.53. The van der Waals surface area contributed by atoms with E-state index in [-0.39, 0.29) is 18.8 Å². The van der Waals surface area contributed by atoms with Gasteiger partial charge in [0, 0.05) is 13.0 Å². The van der Waals surface area contributed by atoms with E-state index in [2.05, 4.69) is 16.0 Å². The Labute approximate surface area is 150 Å². The topological polar surface area (TPSA) is 221 Å². The van der Waals surface area contributed by atoms with E-state index in [1.165, 1.54) is 6.92 Å². The van der Waals surface area contributed by atoms with E-state index in [0.717, 1.165) is 0 Å². The van der Waals surface area contributed by atoms with Crippen molar-refractivity contribution in [2.45, 2.75) is 50.7 Å². The number of carboxylic acids is 2. The number of aliphatic carboxylic acids is 2. The summed E-state index contributed by atoms with van der Waals surface area (Å²) in [7, 11) is 0. The first kappa shape index (κ1) is 23.1. The van der Waals surface area contributed by atoms with Crippen LogP contribution in [0.1, 0.15) is 32.6 Å². The van der Waals surface area contributed by atoms with E-state index in [9.17, 15) is 19.2 Å². The molecule has 0 saturated carbocycles. The molecule has 10 N–H and O–H groups in total. The third kappa shape index (κ3) is 10.1. The molecule has 148 valence electrons. The van der Waals surface area contributed by atoms with Crippen LogP contribution >= 0.6 is 0 Å². The van der Waals surface area contributed by atoms with Crippen LogP contribution in [-0.4, -0.2) is 64.6 Å². The normalized spacial score (nSPS) is 13.8. The first-order valence-electron chi connectivity index (χ1n) is 7.93. The lowest BCUT2D eigenvalue weighted by atomic mass is 10.1. The molecule has 0 rings (SSSR count). The van der Waals surface area contributed by atoms with Crippen molar-refractivity contribution in [2.24, 2.45) is 11.5 Å². The van der Waals surface area contributed by atoms with Gasteiger partial charge in [-0.3, -0.25) is 19.8 Å². The van der Waals surface area contributed by atoms with E-state index in [1.807, 2.05) is 0 Å². The van der Waals surface area contributed by atoms with Gasteiger partial charge in [-0.1, -0.05) is 0 Å². The van der Waals surface area contributed by atoms with Crippen LogP contribution in [-0.2, 0) is 19.2 Å². The molecule has 0 saturated heterocycles. The van der Waals surface area contributed by atoms with Crippen LogP contribution in [0.2, 0.25) is 0 Å². The standard InChI is InChI=1S/C14H26N6O6/c1-7(11(23)20-9(13(25)26)4-5-10(21)22)19-12(24)8(15)3-2-6-18-14(16)17/h7-9H,2-6,15H2,1H3,(H,19,24)(H,20,23)(H,21,22)(H,25,26)(H4,16,17,18)/t7-,8-,9-/m0/s1. The fraction of sp³-hybridized carbons (Fsp3) is 0.643. The number of hydrogen-bond donors (Lipinski definition) is 8. The summed E-state index contributed by atoms with van der Waals surface area (Å²) >= 11 is 0. The molecule has 0 aliphatic rings. The molecular weight excluding hydrogens is 348 g/mol. The summed E-state index contributed by atoms with van der Waals surface area (Å²) in [4.78, 5) is 45.5. The highest BCUT2D eigenvalue weighted by Gasteiger charge is 2.25. The molecule has 0 fully saturated rings. The van der Waals surface area contributed by atoms with E-state index in [1.54, 1.807) is 0 Å². The van der Waals surface area contributed by atoms with E-state index in [0.29, 0.717) is 13.0 Å². The molecule has 0 aromatic carbocycles. The van der Waals surface area contributed by atoms with Gasteiger partial charge in [0.1, 0.15) is 12.1 Å². The number of guanidine groups is 1. The largest absolute Gasteiger partial charge is 0.481 e. The number of nitrogens with one attached hydrogen (secondary N) is 4. The van der Waals surface area contributed by atoms with Gasteiger partial charge in [0.2, 0.25) is 11.8 Å². The Morgan fingerprint density at radius 1 is 1.08 bits per heavy atom. The smallest absolute Gasteiger partial charge is 0.326 e. The maximum absolute atomic E-state index is 12.0. The Balaban J connectivity index is 4.40. The molecule has 12 heteroatoms. The van der Waals surface area contributed by atoms with Crippen LogP contribution in [0.15, 0.2) is 0 Å². The van der Waals surface area contributed by atoms with Crippen molar-refractivity contribution in [1.82, 2.24) is 16.0 Å². The van der Waals surface area contributed by atoms with Gasteiger partial charge in [0.15, 0.2) is 5.96 Å². The average molecular weight is 374 g/mol. The van der Waals surface area contributed by atoms with Crippen LogP contribution in [0.5, 0.6) is 0 Å². The van der Waals surface area contributed by atoms with Crippen molar-refractivity contribution in [3.8, 4) is 0 Å². The number of amides is 2. The lowest BCUT2D eigenvalue weighted by Gasteiger charge is -2.20. The Bertz CT molecular complexity index is 540. The number of rotatable bonds is 12. The molecule has 26 heavy (non-hydrogen) atoms. The highest BCUT2D eigenvalue weighted by atomic mass is 16.4. The zero-order chi connectivity index (χ0) is 20.3. The second-order valence-corrected chi connectivity index (χ2v) is 5.65. The van der Waals surface area contributed by atoms with Gasteiger partial charge >= 0.3 is 11.9 Å². The number of nitrogens with two attached hydrogens (primary N) is 2. The molecule has 0 spiro atoms. The summed E-state index contributed by atoms with van der Waals surface area (Å²) in [5.41, 5.74) is 10.8. The fourth-order valence-electron chi connectivity index (χ4n) is 1.88. The van der Waals surface area contributed by atoms with Crippen LogP contribution in [0.4, 0.5) is 0 Å². The van der Waals surface area contributed by atoms with Crippen molar-refractivity contribution in [1.29, 1.82) is 5.41 Å². The molecule has 0 unspecified atom stereocenters. The molecular formula is C14H26N6O6. The van der Waals surface area contributed by atoms with Crippen LogP contribution in [0.3, 0.4) is 0 Å². The minimum Gasteiger partial charge on any atom is -0.481 e. The van der Waals surface area contributed by atoms with Crippen molar-refractivity contribution in [2.75, 3.05) is 6.54 Å². The Morgan fingerprint density at radius 3 is 2.19 bits per heavy atom. The molecule has 0 heterocycles. The second kappa shape index (κ2) is 11.6. The van der Waals surface area contributed by atoms with E-state index in [4.69, 9.17) is 27.1 Å². The van der Waals surface area contributed by atoms with Crippen molar-refractivity contribution in [3.05, 3.63) is 0 Å². The van der Waals surface area contributed by atoms with E-state index < -0.39 is 48.3 Å². The van der Waals surface area contributed by atoms with Gasteiger partial charge < -0.3 is 37.6 Å². The van der Waals surface area contributed by atoms with E-state index >= 15 is 0 Å². The number of carboxylic acid groups (broad SMARTS) is 2.